The number of nitrogens with zero attached hydrogens (tertiary/aromatic N) is 1. The molecule has 0 heterocycles. The minimum absolute atomic E-state index is 0.158. The topological polar surface area (TPSA) is 88.1 Å². The Balaban J connectivity index is 1.88. The van der Waals surface area contributed by atoms with Gasteiger partial charge in [0.25, 0.3) is 11.8 Å². The van der Waals surface area contributed by atoms with Crippen molar-refractivity contribution in [3.8, 4) is 11.5 Å². The summed E-state index contributed by atoms with van der Waals surface area (Å²) in [6.45, 7) is 0. The zero-order chi connectivity index (χ0) is 26.4. The monoisotopic (exact) mass is 516 g/mol. The molecule has 37 heavy (non-hydrogen) atoms. The number of carbonyl (C=O) groups excluding carboxylic acids is 2. The van der Waals surface area contributed by atoms with E-state index in [1.807, 2.05) is 0 Å². The van der Waals surface area contributed by atoms with E-state index in [2.05, 4.69) is 5.43 Å². The number of methoxy groups -OCH3 is 2. The molecule has 8 heteroatoms. The number of para-hydroxylation sites is 3. The van der Waals surface area contributed by atoms with Crippen LogP contribution in [0.3, 0.4) is 0 Å². The number of aliphatic hydroxyl groups is 1. The van der Waals surface area contributed by atoms with Gasteiger partial charge in [-0.3, -0.25) is 15.0 Å². The molecule has 0 aliphatic heterocycles. The predicted octanol–water partition coefficient (Wildman–Crippen LogP) is 4.97. The van der Waals surface area contributed by atoms with Gasteiger partial charge in [0, 0.05) is 16.7 Å². The Morgan fingerprint density at radius 1 is 0.757 bits per heavy atom. The van der Waals surface area contributed by atoms with Crippen molar-refractivity contribution in [2.75, 3.05) is 19.2 Å². The maximum absolute atomic E-state index is 14.1. The molecule has 2 N–H and O–H groups in total. The first-order valence-corrected chi connectivity index (χ1v) is 11.7. The first-order valence-electron chi connectivity index (χ1n) is 11.4. The molecular weight excluding hydrogens is 492 g/mol. The molecule has 0 unspecified atom stereocenters. The number of hydrogen-bond donors (Lipinski definition) is 2. The van der Waals surface area contributed by atoms with Gasteiger partial charge < -0.3 is 14.6 Å². The van der Waals surface area contributed by atoms with Crippen molar-refractivity contribution < 1.29 is 24.2 Å². The lowest BCUT2D eigenvalue weighted by molar-refractivity contribution is -0.137. The number of nitrogens with one attached hydrogen (secondary N) is 1. The zero-order valence-corrected chi connectivity index (χ0v) is 21.0. The summed E-state index contributed by atoms with van der Waals surface area (Å²) in [5.41, 5.74) is 1.14. The van der Waals surface area contributed by atoms with Gasteiger partial charge in [-0.25, -0.2) is 5.01 Å². The highest BCUT2D eigenvalue weighted by molar-refractivity contribution is 6.34. The van der Waals surface area contributed by atoms with Crippen LogP contribution in [0.1, 0.15) is 21.5 Å². The first kappa shape index (κ1) is 25.8. The second-order valence-electron chi connectivity index (χ2n) is 8.01. The zero-order valence-electron chi connectivity index (χ0n) is 20.2. The van der Waals surface area contributed by atoms with Gasteiger partial charge in [0.1, 0.15) is 11.5 Å². The van der Waals surface area contributed by atoms with Gasteiger partial charge in [-0.15, -0.1) is 0 Å². The van der Waals surface area contributed by atoms with Gasteiger partial charge >= 0.3 is 0 Å². The third-order valence-electron chi connectivity index (χ3n) is 5.85. The van der Waals surface area contributed by atoms with Gasteiger partial charge in [-0.2, -0.15) is 0 Å². The van der Waals surface area contributed by atoms with Gasteiger partial charge in [-0.05, 0) is 36.4 Å². The van der Waals surface area contributed by atoms with Gasteiger partial charge in [0.05, 0.1) is 24.9 Å². The molecule has 0 spiro atoms. The first-order chi connectivity index (χ1) is 17.9. The average molecular weight is 517 g/mol. The molecule has 0 aliphatic carbocycles. The molecule has 7 nitrogen and oxygen atoms in total. The lowest BCUT2D eigenvalue weighted by Crippen LogP contribution is -2.55. The van der Waals surface area contributed by atoms with E-state index in [9.17, 15) is 14.7 Å². The SMILES string of the molecule is COc1ccccc1C(O)(C(=O)NN(C(=O)c1ccccc1)c1ccccc1Cl)c1ccccc1OC. The average Bonchev–Trinajstić information content (AvgIpc) is 2.95. The number of benzene rings is 4. The predicted molar refractivity (Wildman–Crippen MR) is 142 cm³/mol. The molecule has 0 saturated carbocycles. The number of amides is 2. The summed E-state index contributed by atoms with van der Waals surface area (Å²) >= 11 is 6.43. The molecule has 0 aromatic heterocycles. The highest BCUT2D eigenvalue weighted by Crippen LogP contribution is 2.40. The van der Waals surface area contributed by atoms with E-state index in [4.69, 9.17) is 21.1 Å². The fourth-order valence-electron chi connectivity index (χ4n) is 4.02. The number of anilines is 1. The maximum atomic E-state index is 14.1. The number of rotatable bonds is 7. The Kier molecular flexibility index (Phi) is 7.77. The highest BCUT2D eigenvalue weighted by atomic mass is 35.5. The Morgan fingerprint density at radius 3 is 1.78 bits per heavy atom. The normalized spacial score (nSPS) is 10.9. The Bertz CT molecular complexity index is 1360. The highest BCUT2D eigenvalue weighted by Gasteiger charge is 2.45. The molecule has 4 aromatic carbocycles. The van der Waals surface area contributed by atoms with E-state index in [-0.39, 0.29) is 33.3 Å². The fraction of sp³-hybridized carbons (Fsp3) is 0.103. The van der Waals surface area contributed by atoms with Crippen molar-refractivity contribution >= 4 is 29.1 Å². The molecular formula is C29H25ClN2O5. The van der Waals surface area contributed by atoms with Crippen LogP contribution in [0.15, 0.2) is 103 Å². The van der Waals surface area contributed by atoms with Crippen molar-refractivity contribution in [3.63, 3.8) is 0 Å². The summed E-state index contributed by atoms with van der Waals surface area (Å²) in [7, 11) is 2.88. The van der Waals surface area contributed by atoms with Crippen LogP contribution in [-0.2, 0) is 10.4 Å². The number of halogens is 1. The number of hydrazine groups is 1. The third-order valence-corrected chi connectivity index (χ3v) is 6.17. The fourth-order valence-corrected chi connectivity index (χ4v) is 4.24. The van der Waals surface area contributed by atoms with E-state index >= 15 is 0 Å². The third kappa shape index (κ3) is 5.00. The van der Waals surface area contributed by atoms with E-state index in [1.165, 1.54) is 14.2 Å². The standard InChI is InChI=1S/C29H25ClN2O5/c1-36-25-18-10-6-14-21(25)29(35,22-15-7-11-19-26(22)37-2)28(34)31-32(24-17-9-8-16-23(24)30)27(33)20-12-4-3-5-13-20/h3-19,35H,1-2H3,(H,31,34). The second-order valence-corrected chi connectivity index (χ2v) is 8.42. The number of hydrogen-bond acceptors (Lipinski definition) is 5. The number of carbonyl (C=O) groups is 2. The van der Waals surface area contributed by atoms with Gasteiger partial charge in [-0.1, -0.05) is 78.3 Å². The summed E-state index contributed by atoms with van der Waals surface area (Å²) in [5.74, 6) is -0.940. The molecule has 0 saturated heterocycles. The van der Waals surface area contributed by atoms with Crippen LogP contribution < -0.4 is 19.9 Å². The lowest BCUT2D eigenvalue weighted by Gasteiger charge is -2.33. The molecule has 0 fully saturated rings. The van der Waals surface area contributed by atoms with Crippen LogP contribution in [0.4, 0.5) is 5.69 Å². The molecule has 4 aromatic rings. The van der Waals surface area contributed by atoms with Crippen molar-refractivity contribution in [1.29, 1.82) is 0 Å². The van der Waals surface area contributed by atoms with Crippen LogP contribution in [0.25, 0.3) is 0 Å². The number of ether oxygens (including phenoxy) is 2. The van der Waals surface area contributed by atoms with Crippen LogP contribution in [0.5, 0.6) is 11.5 Å². The molecule has 0 atom stereocenters. The summed E-state index contributed by atoms with van der Waals surface area (Å²) in [5, 5.41) is 13.5. The van der Waals surface area contributed by atoms with Crippen molar-refractivity contribution in [2.24, 2.45) is 0 Å². The van der Waals surface area contributed by atoms with Crippen molar-refractivity contribution in [3.05, 3.63) is 125 Å². The minimum atomic E-state index is -2.32. The molecule has 188 valence electrons. The summed E-state index contributed by atoms with van der Waals surface area (Å²) < 4.78 is 11.0. The summed E-state index contributed by atoms with van der Waals surface area (Å²) in [4.78, 5) is 27.7. The molecule has 0 radical (unpaired) electrons. The Morgan fingerprint density at radius 2 is 1.24 bits per heavy atom. The lowest BCUT2D eigenvalue weighted by atomic mass is 9.84. The van der Waals surface area contributed by atoms with Crippen LogP contribution in [0, 0.1) is 0 Å². The van der Waals surface area contributed by atoms with Crippen molar-refractivity contribution in [2.45, 2.75) is 5.60 Å². The van der Waals surface area contributed by atoms with Crippen LogP contribution >= 0.6 is 11.6 Å². The maximum Gasteiger partial charge on any atom is 0.280 e. The van der Waals surface area contributed by atoms with Gasteiger partial charge in [0.2, 0.25) is 5.60 Å². The van der Waals surface area contributed by atoms with Crippen molar-refractivity contribution in [1.82, 2.24) is 5.43 Å². The molecule has 2 amide bonds. The summed E-state index contributed by atoms with van der Waals surface area (Å²) in [6.07, 6.45) is 0. The molecule has 0 bridgehead atoms. The second kappa shape index (κ2) is 11.2. The molecule has 4 rings (SSSR count). The smallest absolute Gasteiger partial charge is 0.280 e. The molecule has 0 aliphatic rings. The van der Waals surface area contributed by atoms with E-state index in [0.717, 1.165) is 5.01 Å². The van der Waals surface area contributed by atoms with Gasteiger partial charge in [0.15, 0.2) is 0 Å². The van der Waals surface area contributed by atoms with E-state index in [1.54, 1.807) is 103 Å². The Hall–Kier alpha value is -4.33. The van der Waals surface area contributed by atoms with E-state index in [0.29, 0.717) is 5.56 Å². The largest absolute Gasteiger partial charge is 0.496 e. The minimum Gasteiger partial charge on any atom is -0.496 e. The quantitative estimate of drug-likeness (QED) is 0.339. The summed E-state index contributed by atoms with van der Waals surface area (Å²) in [6, 6.07) is 28.2. The van der Waals surface area contributed by atoms with Crippen LogP contribution in [0.2, 0.25) is 5.02 Å². The van der Waals surface area contributed by atoms with E-state index < -0.39 is 17.4 Å². The van der Waals surface area contributed by atoms with Crippen LogP contribution in [-0.4, -0.2) is 31.1 Å². The Labute approximate surface area is 219 Å².